The number of nitrogens with one attached hydrogen (secondary N) is 2. The summed E-state index contributed by atoms with van der Waals surface area (Å²) in [5.41, 5.74) is 0.506. The molecule has 6 nitrogen and oxygen atoms in total. The molecule has 0 aliphatic carbocycles. The Morgan fingerprint density at radius 1 is 1.20 bits per heavy atom. The van der Waals surface area contributed by atoms with Crippen LogP contribution in [0.1, 0.15) is 32.8 Å². The molecule has 7 heteroatoms. The first-order chi connectivity index (χ1) is 11.7. The van der Waals surface area contributed by atoms with Crippen molar-refractivity contribution in [2.45, 2.75) is 39.3 Å². The second kappa shape index (κ2) is 9.86. The zero-order chi connectivity index (χ0) is 18.9. The van der Waals surface area contributed by atoms with E-state index in [2.05, 4.69) is 15.6 Å². The quantitative estimate of drug-likeness (QED) is 0.469. The highest BCUT2D eigenvalue weighted by Crippen LogP contribution is 2.07. The van der Waals surface area contributed by atoms with Gasteiger partial charge in [-0.3, -0.25) is 4.99 Å². The first-order valence-corrected chi connectivity index (χ1v) is 8.34. The van der Waals surface area contributed by atoms with Crippen LogP contribution in [0.25, 0.3) is 0 Å². The third-order valence-electron chi connectivity index (χ3n) is 3.21. The van der Waals surface area contributed by atoms with E-state index < -0.39 is 11.7 Å². The third-order valence-corrected chi connectivity index (χ3v) is 3.21. The van der Waals surface area contributed by atoms with Crippen molar-refractivity contribution >= 4 is 12.1 Å². The summed E-state index contributed by atoms with van der Waals surface area (Å²) in [5.74, 6) is 0.494. The molecule has 0 saturated heterocycles. The topological polar surface area (TPSA) is 66.0 Å². The van der Waals surface area contributed by atoms with E-state index in [-0.39, 0.29) is 5.82 Å². The summed E-state index contributed by atoms with van der Waals surface area (Å²) in [7, 11) is 3.63. The number of amides is 1. The second-order valence-electron chi connectivity index (χ2n) is 6.74. The number of halogens is 1. The van der Waals surface area contributed by atoms with E-state index in [1.807, 2.05) is 32.7 Å². The van der Waals surface area contributed by atoms with E-state index in [9.17, 15) is 9.18 Å². The van der Waals surface area contributed by atoms with Gasteiger partial charge in [-0.15, -0.1) is 0 Å². The van der Waals surface area contributed by atoms with E-state index in [0.717, 1.165) is 17.9 Å². The Hall–Kier alpha value is -2.31. The Bertz CT molecular complexity index is 567. The molecule has 0 saturated carbocycles. The minimum absolute atomic E-state index is 0.244. The van der Waals surface area contributed by atoms with Crippen LogP contribution in [0.15, 0.2) is 29.3 Å². The molecule has 0 fully saturated rings. The van der Waals surface area contributed by atoms with Crippen molar-refractivity contribution in [2.24, 2.45) is 4.99 Å². The second-order valence-corrected chi connectivity index (χ2v) is 6.74. The van der Waals surface area contributed by atoms with Crippen LogP contribution < -0.4 is 10.6 Å². The van der Waals surface area contributed by atoms with Gasteiger partial charge in [-0.2, -0.15) is 0 Å². The van der Waals surface area contributed by atoms with Crippen molar-refractivity contribution in [3.8, 4) is 0 Å². The Labute approximate surface area is 149 Å². The summed E-state index contributed by atoms with van der Waals surface area (Å²) < 4.78 is 18.1. The predicted molar refractivity (Wildman–Crippen MR) is 98.1 cm³/mol. The molecule has 0 aliphatic heterocycles. The molecule has 0 aromatic heterocycles. The number of guanidine groups is 1. The first-order valence-electron chi connectivity index (χ1n) is 8.34. The highest BCUT2D eigenvalue weighted by molar-refractivity contribution is 5.79. The Morgan fingerprint density at radius 3 is 2.36 bits per heavy atom. The monoisotopic (exact) mass is 352 g/mol. The van der Waals surface area contributed by atoms with Gasteiger partial charge in [-0.1, -0.05) is 12.1 Å². The van der Waals surface area contributed by atoms with Crippen molar-refractivity contribution in [1.29, 1.82) is 0 Å². The molecule has 0 heterocycles. The molecule has 2 N–H and O–H groups in total. The van der Waals surface area contributed by atoms with Gasteiger partial charge in [0.05, 0.1) is 0 Å². The van der Waals surface area contributed by atoms with Crippen LogP contribution in [-0.2, 0) is 11.3 Å². The van der Waals surface area contributed by atoms with Crippen LogP contribution >= 0.6 is 0 Å². The summed E-state index contributed by atoms with van der Waals surface area (Å²) in [6.07, 6.45) is 0.327. The molecule has 0 atom stereocenters. The van der Waals surface area contributed by atoms with Gasteiger partial charge < -0.3 is 20.3 Å². The summed E-state index contributed by atoms with van der Waals surface area (Å²) in [4.78, 5) is 17.7. The number of ether oxygens (including phenoxy) is 1. The fraction of sp³-hybridized carbons (Fsp3) is 0.556. The van der Waals surface area contributed by atoms with E-state index in [1.165, 1.54) is 12.1 Å². The normalized spacial score (nSPS) is 11.8. The highest BCUT2D eigenvalue weighted by atomic mass is 19.1. The molecule has 0 aliphatic rings. The molecular weight excluding hydrogens is 323 g/mol. The SMILES string of the molecule is CN=C(NCCCNC(=O)OC(C)(C)C)N(C)Cc1ccc(F)cc1. The predicted octanol–water partition coefficient (Wildman–Crippen LogP) is 2.75. The van der Waals surface area contributed by atoms with Gasteiger partial charge in [0.2, 0.25) is 0 Å². The van der Waals surface area contributed by atoms with Gasteiger partial charge >= 0.3 is 6.09 Å². The molecule has 0 radical (unpaired) electrons. The van der Waals surface area contributed by atoms with Crippen molar-refractivity contribution in [1.82, 2.24) is 15.5 Å². The fourth-order valence-corrected chi connectivity index (χ4v) is 2.12. The molecule has 1 aromatic carbocycles. The number of rotatable bonds is 6. The molecule has 1 aromatic rings. The highest BCUT2D eigenvalue weighted by Gasteiger charge is 2.15. The number of alkyl carbamates (subject to hydrolysis) is 1. The Morgan fingerprint density at radius 2 is 1.80 bits per heavy atom. The maximum absolute atomic E-state index is 12.9. The van der Waals surface area contributed by atoms with Crippen LogP contribution in [-0.4, -0.2) is 49.7 Å². The number of aliphatic imine (C=N–C) groups is 1. The minimum Gasteiger partial charge on any atom is -0.444 e. The Kier molecular flexibility index (Phi) is 8.18. The molecule has 1 rings (SSSR count). The van der Waals surface area contributed by atoms with Crippen LogP contribution in [0.5, 0.6) is 0 Å². The standard InChI is InChI=1S/C18H29FN4O2/c1-18(2,3)25-17(24)22-12-6-11-21-16(20-4)23(5)13-14-7-9-15(19)10-8-14/h7-10H,6,11-13H2,1-5H3,(H,20,21)(H,22,24). The van der Waals surface area contributed by atoms with Gasteiger partial charge in [-0.25, -0.2) is 9.18 Å². The average molecular weight is 352 g/mol. The minimum atomic E-state index is -0.493. The Balaban J connectivity index is 2.29. The van der Waals surface area contributed by atoms with Crippen molar-refractivity contribution in [3.05, 3.63) is 35.6 Å². The van der Waals surface area contributed by atoms with E-state index in [1.54, 1.807) is 19.2 Å². The lowest BCUT2D eigenvalue weighted by atomic mass is 10.2. The molecule has 140 valence electrons. The lowest BCUT2D eigenvalue weighted by Crippen LogP contribution is -2.40. The molecule has 0 bridgehead atoms. The zero-order valence-corrected chi connectivity index (χ0v) is 15.7. The average Bonchev–Trinajstić information content (AvgIpc) is 2.51. The molecule has 0 spiro atoms. The number of carbonyl (C=O) groups is 1. The fourth-order valence-electron chi connectivity index (χ4n) is 2.12. The van der Waals surface area contributed by atoms with Gasteiger partial charge in [0.1, 0.15) is 11.4 Å². The maximum atomic E-state index is 12.9. The number of benzene rings is 1. The van der Waals surface area contributed by atoms with Gasteiger partial charge in [-0.05, 0) is 44.9 Å². The van der Waals surface area contributed by atoms with Crippen molar-refractivity contribution < 1.29 is 13.9 Å². The van der Waals surface area contributed by atoms with Crippen molar-refractivity contribution in [3.63, 3.8) is 0 Å². The number of hydrogen-bond acceptors (Lipinski definition) is 3. The number of nitrogens with zero attached hydrogens (tertiary/aromatic N) is 2. The van der Waals surface area contributed by atoms with Crippen LogP contribution in [0.3, 0.4) is 0 Å². The van der Waals surface area contributed by atoms with Gasteiger partial charge in [0.25, 0.3) is 0 Å². The van der Waals surface area contributed by atoms with Gasteiger partial charge in [0.15, 0.2) is 5.96 Å². The molecule has 1 amide bonds. The van der Waals surface area contributed by atoms with Gasteiger partial charge in [0, 0.05) is 33.7 Å². The van der Waals surface area contributed by atoms with Crippen LogP contribution in [0.4, 0.5) is 9.18 Å². The van der Waals surface area contributed by atoms with Crippen LogP contribution in [0.2, 0.25) is 0 Å². The van der Waals surface area contributed by atoms with Crippen LogP contribution in [0, 0.1) is 5.82 Å². The third kappa shape index (κ3) is 8.93. The van der Waals surface area contributed by atoms with E-state index >= 15 is 0 Å². The number of carbonyl (C=O) groups excluding carboxylic acids is 1. The molecular formula is C18H29FN4O2. The summed E-state index contributed by atoms with van der Waals surface area (Å²) in [6.45, 7) is 7.28. The summed E-state index contributed by atoms with van der Waals surface area (Å²) in [6, 6.07) is 6.40. The summed E-state index contributed by atoms with van der Waals surface area (Å²) in [5, 5.41) is 5.95. The number of hydrogen-bond donors (Lipinski definition) is 2. The smallest absolute Gasteiger partial charge is 0.407 e. The summed E-state index contributed by atoms with van der Waals surface area (Å²) >= 11 is 0. The zero-order valence-electron chi connectivity index (χ0n) is 15.7. The van der Waals surface area contributed by atoms with E-state index in [4.69, 9.17) is 4.74 Å². The maximum Gasteiger partial charge on any atom is 0.407 e. The van der Waals surface area contributed by atoms with E-state index in [0.29, 0.717) is 19.6 Å². The largest absolute Gasteiger partial charge is 0.444 e. The first kappa shape index (κ1) is 20.7. The van der Waals surface area contributed by atoms with Crippen molar-refractivity contribution in [2.75, 3.05) is 27.2 Å². The molecule has 0 unspecified atom stereocenters. The lowest BCUT2D eigenvalue weighted by Gasteiger charge is -2.22. The molecule has 25 heavy (non-hydrogen) atoms. The lowest BCUT2D eigenvalue weighted by molar-refractivity contribution is 0.0527.